The van der Waals surface area contributed by atoms with E-state index < -0.39 is 81.1 Å². The van der Waals surface area contributed by atoms with Crippen molar-refractivity contribution in [1.82, 2.24) is 0 Å². The number of allylic oxidation sites excluding steroid dienone is 2. The molecule has 0 saturated heterocycles. The minimum absolute atomic E-state index is 0.0718. The van der Waals surface area contributed by atoms with E-state index >= 15 is 0 Å². The van der Waals surface area contributed by atoms with Gasteiger partial charge in [0, 0.05) is 18.1 Å². The number of ketones is 2. The van der Waals surface area contributed by atoms with Gasteiger partial charge in [0.15, 0.2) is 11.6 Å². The first-order valence-corrected chi connectivity index (χ1v) is 14.0. The van der Waals surface area contributed by atoms with Gasteiger partial charge in [-0.05, 0) is 48.8 Å². The van der Waals surface area contributed by atoms with E-state index in [0.717, 1.165) is 19.3 Å². The molecular weight excluding hydrogens is 588 g/mol. The molecule has 0 fully saturated rings. The molecule has 5 N–H and O–H groups in total. The zero-order valence-electron chi connectivity index (χ0n) is 24.1. The molecule has 6 aliphatic rings. The molecule has 45 heavy (non-hydrogen) atoms. The Labute approximate surface area is 254 Å². The number of ether oxygens (including phenoxy) is 3. The second-order valence-electron chi connectivity index (χ2n) is 11.8. The van der Waals surface area contributed by atoms with Gasteiger partial charge in [0.2, 0.25) is 0 Å². The molecule has 230 valence electrons. The molecule has 0 saturated carbocycles. The Morgan fingerprint density at radius 2 is 1.67 bits per heavy atom. The van der Waals surface area contributed by atoms with E-state index in [4.69, 9.17) is 14.2 Å². The first-order chi connectivity index (χ1) is 21.3. The SMILES string of the molecule is COC(=O)[C@]12Oc3c(c(O)cc4c3C3C=C[C@]5(C4)C(=C(O)c4c(O)cc(C)cc4[C@@H]5OC(C)=O)C3=O)C(O)=C1C(=O)C=C[C@@H]2O. The number of phenols is 2. The van der Waals surface area contributed by atoms with Crippen LogP contribution in [-0.2, 0) is 35.1 Å². The fraction of sp³-hybridized carbons (Fsp3) is 0.273. The lowest BCUT2D eigenvalue weighted by molar-refractivity contribution is -0.164. The van der Waals surface area contributed by atoms with Crippen LogP contribution in [0.1, 0.15) is 52.3 Å². The highest BCUT2D eigenvalue weighted by atomic mass is 16.6. The van der Waals surface area contributed by atoms with E-state index in [1.807, 2.05) is 0 Å². The Hall–Kier alpha value is -5.36. The van der Waals surface area contributed by atoms with Gasteiger partial charge in [-0.25, -0.2) is 4.79 Å². The van der Waals surface area contributed by atoms with Crippen molar-refractivity contribution in [2.24, 2.45) is 5.41 Å². The summed E-state index contributed by atoms with van der Waals surface area (Å²) in [5, 5.41) is 56.3. The molecule has 2 bridgehead atoms. The van der Waals surface area contributed by atoms with Crippen molar-refractivity contribution in [2.45, 2.75) is 44.0 Å². The fourth-order valence-corrected chi connectivity index (χ4v) is 7.53. The molecule has 12 heteroatoms. The number of benzene rings is 2. The number of methoxy groups -OCH3 is 1. The van der Waals surface area contributed by atoms with E-state index in [2.05, 4.69) is 0 Å². The van der Waals surface area contributed by atoms with Crippen molar-refractivity contribution < 1.29 is 58.9 Å². The molecule has 1 unspecified atom stereocenters. The third kappa shape index (κ3) is 3.39. The lowest BCUT2D eigenvalue weighted by Gasteiger charge is -2.44. The molecule has 1 aliphatic heterocycles. The zero-order chi connectivity index (χ0) is 32.3. The van der Waals surface area contributed by atoms with Crippen LogP contribution >= 0.6 is 0 Å². The van der Waals surface area contributed by atoms with Crippen LogP contribution in [0.2, 0.25) is 0 Å². The maximum atomic E-state index is 14.5. The highest BCUT2D eigenvalue weighted by Gasteiger charge is 2.62. The first-order valence-electron chi connectivity index (χ1n) is 14.0. The highest BCUT2D eigenvalue weighted by Crippen LogP contribution is 2.63. The van der Waals surface area contributed by atoms with Gasteiger partial charge in [-0.15, -0.1) is 0 Å². The predicted molar refractivity (Wildman–Crippen MR) is 153 cm³/mol. The van der Waals surface area contributed by atoms with E-state index in [0.29, 0.717) is 5.56 Å². The minimum atomic E-state index is -2.58. The molecule has 5 aliphatic carbocycles. The Kier molecular flexibility index (Phi) is 5.73. The third-order valence-electron chi connectivity index (χ3n) is 9.25. The van der Waals surface area contributed by atoms with Crippen LogP contribution in [0.3, 0.4) is 0 Å². The number of hydrogen-bond acceptors (Lipinski definition) is 12. The van der Waals surface area contributed by atoms with Gasteiger partial charge in [-0.3, -0.25) is 14.4 Å². The van der Waals surface area contributed by atoms with Gasteiger partial charge in [-0.1, -0.05) is 18.2 Å². The zero-order valence-corrected chi connectivity index (χ0v) is 24.1. The number of Topliss-reactive ketones (excluding diaryl/α,β-unsaturated/α-hetero) is 1. The Bertz CT molecular complexity index is 1940. The predicted octanol–water partition coefficient (Wildman–Crippen LogP) is 2.83. The number of aliphatic hydroxyl groups is 3. The van der Waals surface area contributed by atoms with Crippen LogP contribution in [0.5, 0.6) is 17.2 Å². The fourth-order valence-electron chi connectivity index (χ4n) is 7.53. The van der Waals surface area contributed by atoms with Crippen molar-refractivity contribution in [2.75, 3.05) is 7.11 Å². The second kappa shape index (κ2) is 9.08. The second-order valence-corrected chi connectivity index (χ2v) is 11.8. The molecule has 1 spiro atoms. The summed E-state index contributed by atoms with van der Waals surface area (Å²) in [5.41, 5.74) is -4.20. The average molecular weight is 615 g/mol. The van der Waals surface area contributed by atoms with Crippen LogP contribution in [0.25, 0.3) is 11.5 Å². The minimum Gasteiger partial charge on any atom is -0.507 e. The number of esters is 2. The summed E-state index contributed by atoms with van der Waals surface area (Å²) in [5.74, 6) is -7.35. The monoisotopic (exact) mass is 614 g/mol. The number of fused-ring (bicyclic) bond motifs is 3. The summed E-state index contributed by atoms with van der Waals surface area (Å²) >= 11 is 0. The smallest absolute Gasteiger partial charge is 0.358 e. The van der Waals surface area contributed by atoms with Crippen molar-refractivity contribution in [3.05, 3.63) is 87.0 Å². The van der Waals surface area contributed by atoms with Gasteiger partial charge < -0.3 is 39.7 Å². The summed E-state index contributed by atoms with van der Waals surface area (Å²) < 4.78 is 16.9. The summed E-state index contributed by atoms with van der Waals surface area (Å²) in [6, 6.07) is 4.30. The van der Waals surface area contributed by atoms with Crippen molar-refractivity contribution >= 4 is 35.0 Å². The number of rotatable bonds is 2. The normalized spacial score (nSPS) is 28.8. The molecule has 5 atom stereocenters. The van der Waals surface area contributed by atoms with Gasteiger partial charge in [-0.2, -0.15) is 0 Å². The maximum Gasteiger partial charge on any atom is 0.358 e. The van der Waals surface area contributed by atoms with Gasteiger partial charge in [0.25, 0.3) is 5.60 Å². The van der Waals surface area contributed by atoms with E-state index in [-0.39, 0.29) is 45.7 Å². The third-order valence-corrected chi connectivity index (χ3v) is 9.25. The van der Waals surface area contributed by atoms with E-state index in [9.17, 15) is 44.7 Å². The van der Waals surface area contributed by atoms with Crippen LogP contribution in [-0.4, -0.2) is 67.9 Å². The largest absolute Gasteiger partial charge is 0.507 e. The highest BCUT2D eigenvalue weighted by molar-refractivity contribution is 6.18. The number of phenolic OH excluding ortho intramolecular Hbond substituents is 2. The number of aryl methyl sites for hydroxylation is 1. The maximum absolute atomic E-state index is 14.5. The van der Waals surface area contributed by atoms with Crippen LogP contribution in [0.4, 0.5) is 0 Å². The average Bonchev–Trinajstić information content (AvgIpc) is 3.19. The van der Waals surface area contributed by atoms with Crippen molar-refractivity contribution in [1.29, 1.82) is 0 Å². The van der Waals surface area contributed by atoms with Crippen molar-refractivity contribution in [3.8, 4) is 17.2 Å². The standard InChI is InChI=1S/C33H26O12/c1-12-8-16-22(18(36)9-12)27(40)25-26(39)15-6-7-32(25,30(16)44-13(2)34)11-14-10-19(37)23-28(41)24-17(35)4-5-20(38)33(24,31(42)43-3)45-29(23)21(14)15/h4-10,15,20,30,36-38,40-41H,11H2,1-3H3/t15?,20-,30-,32-,33+/m0/s1. The summed E-state index contributed by atoms with van der Waals surface area (Å²) in [7, 11) is 1.00. The van der Waals surface area contributed by atoms with Gasteiger partial charge >= 0.3 is 11.9 Å². The molecule has 2 aromatic rings. The molecule has 0 amide bonds. The lowest BCUT2D eigenvalue weighted by Crippen LogP contribution is -2.60. The van der Waals surface area contributed by atoms with Crippen LogP contribution < -0.4 is 4.74 Å². The first kappa shape index (κ1) is 28.4. The number of hydrogen-bond donors (Lipinski definition) is 5. The van der Waals surface area contributed by atoms with Crippen molar-refractivity contribution in [3.63, 3.8) is 0 Å². The Morgan fingerprint density at radius 1 is 0.978 bits per heavy atom. The number of carbonyl (C=O) groups is 4. The quantitative estimate of drug-likeness (QED) is 0.245. The number of carbonyl (C=O) groups excluding carboxylic acids is 4. The Morgan fingerprint density at radius 3 is 2.36 bits per heavy atom. The number of aliphatic hydroxyl groups excluding tert-OH is 3. The molecule has 12 nitrogen and oxygen atoms in total. The molecule has 0 radical (unpaired) electrons. The molecule has 2 aromatic carbocycles. The summed E-state index contributed by atoms with van der Waals surface area (Å²) in [6.07, 6.45) is 1.88. The van der Waals surface area contributed by atoms with E-state index in [1.54, 1.807) is 19.1 Å². The summed E-state index contributed by atoms with van der Waals surface area (Å²) in [6.45, 7) is 2.89. The molecule has 8 rings (SSSR count). The van der Waals surface area contributed by atoms with Crippen LogP contribution in [0, 0.1) is 12.3 Å². The molecule has 1 heterocycles. The molecule has 0 aromatic heterocycles. The topological polar surface area (TPSA) is 197 Å². The molecular formula is C33H26O12. The summed E-state index contributed by atoms with van der Waals surface area (Å²) in [4.78, 5) is 53.2. The number of aromatic hydroxyl groups is 2. The Balaban J connectivity index is 1.54. The van der Waals surface area contributed by atoms with Gasteiger partial charge in [0.05, 0.1) is 35.2 Å². The lowest BCUT2D eigenvalue weighted by atomic mass is 9.61. The van der Waals surface area contributed by atoms with Gasteiger partial charge in [0.1, 0.15) is 46.5 Å². The van der Waals surface area contributed by atoms with E-state index in [1.165, 1.54) is 25.1 Å². The van der Waals surface area contributed by atoms with Crippen LogP contribution in [0.15, 0.2) is 53.6 Å².